The van der Waals surface area contributed by atoms with Gasteiger partial charge in [0.1, 0.15) is 23.3 Å². The van der Waals surface area contributed by atoms with Crippen molar-refractivity contribution in [2.75, 3.05) is 7.05 Å². The van der Waals surface area contributed by atoms with Crippen molar-refractivity contribution in [3.8, 4) is 0 Å². The second-order valence-electron chi connectivity index (χ2n) is 13.5. The van der Waals surface area contributed by atoms with E-state index in [1.807, 2.05) is 74.5 Å². The minimum atomic E-state index is -1.08. The second kappa shape index (κ2) is 19.4. The number of aliphatic hydroxyl groups excluding tert-OH is 1. The highest BCUT2D eigenvalue weighted by Crippen LogP contribution is 2.27. The minimum Gasteiger partial charge on any atom is -0.444 e. The number of benzene rings is 2. The van der Waals surface area contributed by atoms with Crippen LogP contribution in [0.2, 0.25) is 0 Å². The number of carbonyl (C=O) groups excluding carboxylic acids is 3. The highest BCUT2D eigenvalue weighted by atomic mass is 32.1. The van der Waals surface area contributed by atoms with Crippen LogP contribution in [-0.2, 0) is 46.0 Å². The van der Waals surface area contributed by atoms with Gasteiger partial charge in [0, 0.05) is 24.7 Å². The molecule has 0 radical (unpaired) electrons. The summed E-state index contributed by atoms with van der Waals surface area (Å²) in [5, 5.41) is 32.0. The fourth-order valence-corrected chi connectivity index (χ4v) is 6.79. The topological polar surface area (TPSA) is 175 Å². The Balaban J connectivity index is 1.46. The van der Waals surface area contributed by atoms with E-state index in [1.165, 1.54) is 27.6 Å². The molecule has 0 aliphatic heterocycles. The van der Waals surface area contributed by atoms with E-state index in [-0.39, 0.29) is 25.5 Å². The van der Waals surface area contributed by atoms with Gasteiger partial charge in [-0.15, -0.1) is 22.7 Å². The molecular formula is C37H48N6O7S2. The van der Waals surface area contributed by atoms with Crippen molar-refractivity contribution < 1.29 is 34.4 Å². The number of thiazole rings is 2. The van der Waals surface area contributed by atoms with E-state index in [2.05, 4.69) is 30.8 Å². The van der Waals surface area contributed by atoms with Crippen molar-refractivity contribution in [2.45, 2.75) is 89.9 Å². The summed E-state index contributed by atoms with van der Waals surface area (Å²) in [4.78, 5) is 55.4. The van der Waals surface area contributed by atoms with Crippen molar-refractivity contribution in [2.24, 2.45) is 5.92 Å². The molecule has 52 heavy (non-hydrogen) atoms. The van der Waals surface area contributed by atoms with Gasteiger partial charge >= 0.3 is 12.1 Å². The summed E-state index contributed by atoms with van der Waals surface area (Å²) in [6.07, 6.45) is 0.701. The number of nitrogens with one attached hydrogen (secondary N) is 3. The number of carbonyl (C=O) groups is 3. The lowest BCUT2D eigenvalue weighted by Crippen LogP contribution is -2.55. The Hall–Kier alpha value is -4.41. The van der Waals surface area contributed by atoms with Crippen molar-refractivity contribution in [3.05, 3.63) is 104 Å². The van der Waals surface area contributed by atoms with Crippen LogP contribution in [0.1, 0.15) is 60.8 Å². The quantitative estimate of drug-likeness (QED) is 0.0649. The maximum atomic E-state index is 13.9. The van der Waals surface area contributed by atoms with Gasteiger partial charge in [-0.2, -0.15) is 0 Å². The number of hydrogen-bond donors (Lipinski definition) is 5. The highest BCUT2D eigenvalue weighted by Gasteiger charge is 2.31. The van der Waals surface area contributed by atoms with Crippen molar-refractivity contribution in [3.63, 3.8) is 0 Å². The van der Waals surface area contributed by atoms with Crippen LogP contribution < -0.4 is 16.0 Å². The van der Waals surface area contributed by atoms with Gasteiger partial charge in [0.15, 0.2) is 0 Å². The smallest absolute Gasteiger partial charge is 0.407 e. The number of aromatic nitrogens is 2. The number of amides is 4. The van der Waals surface area contributed by atoms with Crippen LogP contribution in [0.15, 0.2) is 77.8 Å². The first-order chi connectivity index (χ1) is 24.8. The predicted octanol–water partition coefficient (Wildman–Crippen LogP) is 5.51. The zero-order valence-corrected chi connectivity index (χ0v) is 31.7. The molecule has 0 aliphatic rings. The number of rotatable bonds is 18. The second-order valence-corrected chi connectivity index (χ2v) is 15.3. The molecular weight excluding hydrogens is 705 g/mol. The number of ether oxygens (including phenoxy) is 1. The molecule has 4 amide bonds. The largest absolute Gasteiger partial charge is 0.444 e. The number of aliphatic hydroxyl groups is 1. The van der Waals surface area contributed by atoms with Crippen LogP contribution in [0.4, 0.5) is 9.59 Å². The van der Waals surface area contributed by atoms with Crippen LogP contribution in [0.3, 0.4) is 0 Å². The summed E-state index contributed by atoms with van der Waals surface area (Å²) in [7, 11) is 1.61. The van der Waals surface area contributed by atoms with Gasteiger partial charge in [0.05, 0.1) is 34.8 Å². The molecule has 2 aromatic carbocycles. The monoisotopic (exact) mass is 752 g/mol. The van der Waals surface area contributed by atoms with E-state index >= 15 is 0 Å². The van der Waals surface area contributed by atoms with Gasteiger partial charge in [-0.1, -0.05) is 74.5 Å². The predicted molar refractivity (Wildman–Crippen MR) is 200 cm³/mol. The first kappa shape index (κ1) is 40.4. The van der Waals surface area contributed by atoms with Crippen LogP contribution >= 0.6 is 22.7 Å². The summed E-state index contributed by atoms with van der Waals surface area (Å²) >= 11 is 2.68. The SMILES string of the molecule is CC(C)[C@H](NC(=O)N(C)Cc1csc(C(C)(C)OO)n1)C(=O)N[C@@H](Cc1ccccc1)C[C@H](O)[C@H](Cc1ccccc1)NC(=O)OCc1cncs1. The first-order valence-electron chi connectivity index (χ1n) is 17.0. The van der Waals surface area contributed by atoms with Gasteiger partial charge in [-0.3, -0.25) is 15.0 Å². The normalized spacial score (nSPS) is 13.8. The van der Waals surface area contributed by atoms with E-state index in [9.17, 15) is 24.7 Å². The van der Waals surface area contributed by atoms with Crippen molar-refractivity contribution in [1.29, 1.82) is 0 Å². The lowest BCUT2D eigenvalue weighted by molar-refractivity contribution is -0.318. The zero-order valence-electron chi connectivity index (χ0n) is 30.0. The molecule has 0 bridgehead atoms. The molecule has 0 fully saturated rings. The van der Waals surface area contributed by atoms with Crippen LogP contribution in [0.5, 0.6) is 0 Å². The first-order valence-corrected chi connectivity index (χ1v) is 18.8. The number of hydrogen-bond acceptors (Lipinski definition) is 11. The number of urea groups is 1. The van der Waals surface area contributed by atoms with E-state index in [0.717, 1.165) is 16.0 Å². The van der Waals surface area contributed by atoms with E-state index < -0.39 is 47.9 Å². The Morgan fingerprint density at radius 3 is 2.19 bits per heavy atom. The third-order valence-corrected chi connectivity index (χ3v) is 10.3. The molecule has 2 aromatic heterocycles. The fourth-order valence-electron chi connectivity index (χ4n) is 5.42. The van der Waals surface area contributed by atoms with Gasteiger partial charge < -0.3 is 30.7 Å². The summed E-state index contributed by atoms with van der Waals surface area (Å²) in [5.74, 6) is -0.673. The third-order valence-electron chi connectivity index (χ3n) is 8.36. The third kappa shape index (κ3) is 12.4. The Morgan fingerprint density at radius 2 is 1.60 bits per heavy atom. The Morgan fingerprint density at radius 1 is 0.942 bits per heavy atom. The Bertz CT molecular complexity index is 1690. The average molecular weight is 753 g/mol. The highest BCUT2D eigenvalue weighted by molar-refractivity contribution is 7.10. The lowest BCUT2D eigenvalue weighted by Gasteiger charge is -2.30. The zero-order chi connectivity index (χ0) is 37.7. The summed E-state index contributed by atoms with van der Waals surface area (Å²) in [6, 6.07) is 16.4. The molecule has 15 heteroatoms. The minimum absolute atomic E-state index is 0.0521. The van der Waals surface area contributed by atoms with Crippen LogP contribution in [0, 0.1) is 5.92 Å². The molecule has 0 spiro atoms. The summed E-state index contributed by atoms with van der Waals surface area (Å²) in [6.45, 7) is 7.26. The van der Waals surface area contributed by atoms with Gasteiger partial charge in [0.25, 0.3) is 0 Å². The lowest BCUT2D eigenvalue weighted by atomic mass is 9.93. The van der Waals surface area contributed by atoms with Crippen molar-refractivity contribution >= 4 is 40.7 Å². The molecule has 280 valence electrons. The van der Waals surface area contributed by atoms with Crippen LogP contribution in [0.25, 0.3) is 0 Å². The standard InChI is InChI=1S/C37H48N6O7S2/c1-24(2)32(42-35(46)43(5)20-28-22-51-34(40-28)37(3,4)50-48)33(45)39-27(16-25-12-8-6-9-13-25)18-31(44)30(17-26-14-10-7-11-15-26)41-36(47)49-21-29-19-38-23-52-29/h6-15,19,22-24,27,30-32,44,48H,16-18,20-21H2,1-5H3,(H,39,45)(H,41,47)(H,42,46)/t27-,30-,31-,32-/m0/s1. The maximum absolute atomic E-state index is 13.9. The van der Waals surface area contributed by atoms with E-state index in [1.54, 1.807) is 38.0 Å². The fraction of sp³-hybridized carbons (Fsp3) is 0.432. The molecule has 5 N–H and O–H groups in total. The Kier molecular flexibility index (Phi) is 15.1. The molecule has 2 heterocycles. The molecule has 4 atom stereocenters. The Labute approximate surface area is 312 Å². The number of nitrogens with zero attached hydrogens (tertiary/aromatic N) is 3. The van der Waals surface area contributed by atoms with E-state index in [0.29, 0.717) is 23.5 Å². The van der Waals surface area contributed by atoms with Gasteiger partial charge in [-0.25, -0.2) is 19.5 Å². The molecule has 13 nitrogen and oxygen atoms in total. The number of alkyl carbamates (subject to hydrolysis) is 1. The average Bonchev–Trinajstić information content (AvgIpc) is 3.83. The maximum Gasteiger partial charge on any atom is 0.407 e. The summed E-state index contributed by atoms with van der Waals surface area (Å²) in [5.41, 5.74) is 3.12. The van der Waals surface area contributed by atoms with Crippen LogP contribution in [-0.4, -0.2) is 74.5 Å². The van der Waals surface area contributed by atoms with Gasteiger partial charge in [0.2, 0.25) is 5.91 Å². The summed E-state index contributed by atoms with van der Waals surface area (Å²) < 4.78 is 5.42. The molecule has 4 aromatic rings. The molecule has 0 saturated carbocycles. The molecule has 0 unspecified atom stereocenters. The molecule has 0 saturated heterocycles. The molecule has 4 rings (SSSR count). The molecule has 0 aliphatic carbocycles. The van der Waals surface area contributed by atoms with Gasteiger partial charge in [-0.05, 0) is 50.2 Å². The van der Waals surface area contributed by atoms with Crippen molar-refractivity contribution in [1.82, 2.24) is 30.8 Å². The van der Waals surface area contributed by atoms with E-state index in [4.69, 9.17) is 4.74 Å².